The molecule has 0 aliphatic rings. The van der Waals surface area contributed by atoms with Gasteiger partial charge in [-0.1, -0.05) is 36.4 Å². The van der Waals surface area contributed by atoms with Gasteiger partial charge in [-0.25, -0.2) is 4.79 Å². The van der Waals surface area contributed by atoms with Gasteiger partial charge >= 0.3 is 12.2 Å². The lowest BCUT2D eigenvalue weighted by atomic mass is 10.2. The van der Waals surface area contributed by atoms with Crippen LogP contribution in [0.5, 0.6) is 0 Å². The van der Waals surface area contributed by atoms with E-state index in [1.165, 1.54) is 23.3 Å². The molecule has 34 heavy (non-hydrogen) atoms. The summed E-state index contributed by atoms with van der Waals surface area (Å²) in [6.07, 6.45) is -3.01. The van der Waals surface area contributed by atoms with Gasteiger partial charge in [-0.15, -0.1) is 0 Å². The largest absolute Gasteiger partial charge is 0.467 e. The van der Waals surface area contributed by atoms with Crippen LogP contribution >= 0.6 is 0 Å². The molecule has 3 rings (SSSR count). The molecular formula is C25H26F3N3O3. The molecule has 180 valence electrons. The quantitative estimate of drug-likeness (QED) is 0.452. The minimum atomic E-state index is -4.53. The fourth-order valence-electron chi connectivity index (χ4n) is 3.33. The average Bonchev–Trinajstić information content (AvgIpc) is 3.30. The summed E-state index contributed by atoms with van der Waals surface area (Å²) in [5.74, 6) is 0.266. The second kappa shape index (κ2) is 10.9. The van der Waals surface area contributed by atoms with E-state index < -0.39 is 17.8 Å². The number of carbonyl (C=O) groups is 2. The van der Waals surface area contributed by atoms with Crippen molar-refractivity contribution in [2.45, 2.75) is 39.2 Å². The van der Waals surface area contributed by atoms with E-state index in [9.17, 15) is 22.8 Å². The number of hydrogen-bond donors (Lipinski definition) is 1. The predicted octanol–water partition coefficient (Wildman–Crippen LogP) is 5.77. The molecule has 1 aromatic heterocycles. The van der Waals surface area contributed by atoms with Crippen molar-refractivity contribution in [3.63, 3.8) is 0 Å². The van der Waals surface area contributed by atoms with Crippen LogP contribution in [-0.2, 0) is 24.1 Å². The number of urea groups is 1. The van der Waals surface area contributed by atoms with Gasteiger partial charge in [-0.3, -0.25) is 4.79 Å². The smallest absolute Gasteiger partial charge is 0.416 e. The van der Waals surface area contributed by atoms with Crippen molar-refractivity contribution in [2.75, 3.05) is 11.9 Å². The molecule has 0 saturated heterocycles. The van der Waals surface area contributed by atoms with Gasteiger partial charge in [-0.2, -0.15) is 13.2 Å². The molecule has 6 nitrogen and oxygen atoms in total. The van der Waals surface area contributed by atoms with E-state index in [1.807, 2.05) is 30.3 Å². The maximum absolute atomic E-state index is 13.2. The molecule has 0 spiro atoms. The van der Waals surface area contributed by atoms with Gasteiger partial charge in [0, 0.05) is 18.3 Å². The normalized spacial score (nSPS) is 11.4. The number of rotatable bonds is 8. The van der Waals surface area contributed by atoms with Crippen LogP contribution in [0, 0.1) is 0 Å². The molecule has 2 aromatic carbocycles. The minimum Gasteiger partial charge on any atom is -0.467 e. The zero-order valence-electron chi connectivity index (χ0n) is 18.9. The summed E-state index contributed by atoms with van der Waals surface area (Å²) in [4.78, 5) is 29.0. The SMILES string of the molecule is CC(C)N(CC(=O)N(Cc1ccccc1)Cc1ccco1)C(=O)Nc1cccc(C(F)(F)F)c1. The molecule has 3 aromatic rings. The summed E-state index contributed by atoms with van der Waals surface area (Å²) in [5, 5.41) is 2.47. The highest BCUT2D eigenvalue weighted by atomic mass is 19.4. The molecule has 0 atom stereocenters. The van der Waals surface area contributed by atoms with Gasteiger partial charge in [0.15, 0.2) is 0 Å². The Morgan fingerprint density at radius 1 is 0.971 bits per heavy atom. The van der Waals surface area contributed by atoms with Crippen molar-refractivity contribution in [1.82, 2.24) is 9.80 Å². The predicted molar refractivity (Wildman–Crippen MR) is 122 cm³/mol. The lowest BCUT2D eigenvalue weighted by Crippen LogP contribution is -2.47. The monoisotopic (exact) mass is 473 g/mol. The number of benzene rings is 2. The van der Waals surface area contributed by atoms with Crippen LogP contribution in [0.1, 0.15) is 30.7 Å². The Labute approximate surface area is 196 Å². The molecule has 0 aliphatic carbocycles. The second-order valence-corrected chi connectivity index (χ2v) is 8.05. The summed E-state index contributed by atoms with van der Waals surface area (Å²) in [7, 11) is 0. The van der Waals surface area contributed by atoms with Crippen molar-refractivity contribution in [3.05, 3.63) is 89.9 Å². The number of anilines is 1. The third kappa shape index (κ3) is 6.87. The van der Waals surface area contributed by atoms with E-state index in [0.29, 0.717) is 12.3 Å². The van der Waals surface area contributed by atoms with E-state index in [2.05, 4.69) is 5.32 Å². The zero-order valence-corrected chi connectivity index (χ0v) is 18.9. The minimum absolute atomic E-state index is 0.00495. The Morgan fingerprint density at radius 2 is 1.71 bits per heavy atom. The summed E-state index contributed by atoms with van der Waals surface area (Å²) in [6.45, 7) is 3.72. The van der Waals surface area contributed by atoms with Crippen molar-refractivity contribution < 1.29 is 27.2 Å². The molecule has 9 heteroatoms. The Balaban J connectivity index is 1.75. The van der Waals surface area contributed by atoms with Gasteiger partial charge in [0.05, 0.1) is 18.4 Å². The number of furan rings is 1. The van der Waals surface area contributed by atoms with Crippen LogP contribution in [0.25, 0.3) is 0 Å². The highest BCUT2D eigenvalue weighted by molar-refractivity contribution is 5.92. The third-order valence-electron chi connectivity index (χ3n) is 5.13. The molecular weight excluding hydrogens is 447 g/mol. The Morgan fingerprint density at radius 3 is 2.32 bits per heavy atom. The molecule has 0 unspecified atom stereocenters. The first kappa shape index (κ1) is 24.9. The van der Waals surface area contributed by atoms with E-state index >= 15 is 0 Å². The van der Waals surface area contributed by atoms with Crippen molar-refractivity contribution in [2.24, 2.45) is 0 Å². The molecule has 1 N–H and O–H groups in total. The molecule has 0 saturated carbocycles. The number of carbonyl (C=O) groups excluding carboxylic acids is 2. The van der Waals surface area contributed by atoms with E-state index in [1.54, 1.807) is 30.9 Å². The van der Waals surface area contributed by atoms with Crippen molar-refractivity contribution >= 4 is 17.6 Å². The van der Waals surface area contributed by atoms with E-state index in [-0.39, 0.29) is 30.7 Å². The van der Waals surface area contributed by atoms with Crippen LogP contribution in [0.15, 0.2) is 77.4 Å². The van der Waals surface area contributed by atoms with Crippen molar-refractivity contribution in [3.8, 4) is 0 Å². The average molecular weight is 473 g/mol. The van der Waals surface area contributed by atoms with E-state index in [0.717, 1.165) is 17.7 Å². The Hall–Kier alpha value is -3.75. The molecule has 0 fully saturated rings. The number of alkyl halides is 3. The summed E-state index contributed by atoms with van der Waals surface area (Å²) in [6, 6.07) is 16.2. The van der Waals surface area contributed by atoms with Crippen LogP contribution in [0.4, 0.5) is 23.7 Å². The number of nitrogens with one attached hydrogen (secondary N) is 1. The molecule has 0 bridgehead atoms. The first-order valence-electron chi connectivity index (χ1n) is 10.7. The summed E-state index contributed by atoms with van der Waals surface area (Å²) in [5.41, 5.74) is 0.0338. The second-order valence-electron chi connectivity index (χ2n) is 8.05. The topological polar surface area (TPSA) is 65.8 Å². The highest BCUT2D eigenvalue weighted by Gasteiger charge is 2.31. The molecule has 1 heterocycles. The zero-order chi connectivity index (χ0) is 24.7. The lowest BCUT2D eigenvalue weighted by molar-refractivity contribution is -0.137. The van der Waals surface area contributed by atoms with Gasteiger partial charge in [-0.05, 0) is 49.7 Å². The molecule has 0 radical (unpaired) electrons. The highest BCUT2D eigenvalue weighted by Crippen LogP contribution is 2.30. The first-order valence-corrected chi connectivity index (χ1v) is 10.7. The Bertz CT molecular complexity index is 1080. The van der Waals surface area contributed by atoms with Crippen LogP contribution < -0.4 is 5.32 Å². The van der Waals surface area contributed by atoms with Gasteiger partial charge < -0.3 is 19.5 Å². The van der Waals surface area contributed by atoms with Crippen LogP contribution in [-0.4, -0.2) is 34.3 Å². The van der Waals surface area contributed by atoms with Crippen LogP contribution in [0.2, 0.25) is 0 Å². The number of halogens is 3. The molecule has 0 aliphatic heterocycles. The Kier molecular flexibility index (Phi) is 7.99. The van der Waals surface area contributed by atoms with Gasteiger partial charge in [0.2, 0.25) is 5.91 Å². The summed E-state index contributed by atoms with van der Waals surface area (Å²) < 4.78 is 44.4. The fourth-order valence-corrected chi connectivity index (χ4v) is 3.33. The summed E-state index contributed by atoms with van der Waals surface area (Å²) >= 11 is 0. The third-order valence-corrected chi connectivity index (χ3v) is 5.13. The van der Waals surface area contributed by atoms with E-state index in [4.69, 9.17) is 4.42 Å². The van der Waals surface area contributed by atoms with Gasteiger partial charge in [0.1, 0.15) is 12.3 Å². The fraction of sp³-hybridized carbons (Fsp3) is 0.280. The lowest BCUT2D eigenvalue weighted by Gasteiger charge is -2.30. The number of nitrogens with zero attached hydrogens (tertiary/aromatic N) is 2. The maximum atomic E-state index is 13.2. The standard InChI is InChI=1S/C25H26F3N3O3/c1-18(2)31(24(33)29-21-11-6-10-20(14-21)25(26,27)28)17-23(32)30(16-22-12-7-13-34-22)15-19-8-4-3-5-9-19/h3-14,18H,15-17H2,1-2H3,(H,29,33). The number of amides is 3. The van der Waals surface area contributed by atoms with Gasteiger partial charge in [0.25, 0.3) is 0 Å². The van der Waals surface area contributed by atoms with Crippen molar-refractivity contribution in [1.29, 1.82) is 0 Å². The van der Waals surface area contributed by atoms with Crippen LogP contribution in [0.3, 0.4) is 0 Å². The first-order chi connectivity index (χ1) is 16.1. The molecule has 3 amide bonds. The number of hydrogen-bond acceptors (Lipinski definition) is 3. The maximum Gasteiger partial charge on any atom is 0.416 e.